The van der Waals surface area contributed by atoms with Crippen LogP contribution < -0.4 is 5.32 Å². The van der Waals surface area contributed by atoms with Gasteiger partial charge in [-0.15, -0.1) is 0 Å². The number of nitrogens with one attached hydrogen (secondary N) is 1. The number of amidine groups is 1. The van der Waals surface area contributed by atoms with Crippen molar-refractivity contribution in [1.82, 2.24) is 5.32 Å². The number of allylic oxidation sites excluding steroid dienone is 2. The van der Waals surface area contributed by atoms with Crippen LogP contribution in [0.1, 0.15) is 6.92 Å². The summed E-state index contributed by atoms with van der Waals surface area (Å²) in [6.07, 6.45) is -0.508. The average Bonchev–Trinajstić information content (AvgIpc) is 2.41. The number of hydrogen-bond acceptors (Lipinski definition) is 2. The largest absolute Gasteiger partial charge is 0.416 e. The molecule has 0 spiro atoms. The predicted octanol–water partition coefficient (Wildman–Crippen LogP) is 1.80. The van der Waals surface area contributed by atoms with Crippen LogP contribution in [0.5, 0.6) is 0 Å². The molecule has 0 aromatic carbocycles. The third-order valence-corrected chi connectivity index (χ3v) is 2.25. The zero-order valence-corrected chi connectivity index (χ0v) is 7.47. The Hall–Kier alpha value is -1.26. The first-order valence-electron chi connectivity index (χ1n) is 4.25. The molecule has 2 atom stereocenters. The molecule has 2 rings (SSSR count). The SMILES string of the molecule is CC1=NC2C=CC(C(F)(F)F)=CC2N1. The molecule has 5 heteroatoms. The van der Waals surface area contributed by atoms with Gasteiger partial charge in [-0.05, 0) is 13.0 Å². The van der Waals surface area contributed by atoms with E-state index in [4.69, 9.17) is 0 Å². The van der Waals surface area contributed by atoms with Crippen molar-refractivity contribution in [3.05, 3.63) is 23.8 Å². The van der Waals surface area contributed by atoms with Crippen LogP contribution in [-0.4, -0.2) is 24.1 Å². The van der Waals surface area contributed by atoms with E-state index in [2.05, 4.69) is 10.3 Å². The second-order valence-electron chi connectivity index (χ2n) is 3.35. The highest BCUT2D eigenvalue weighted by Crippen LogP contribution is 2.30. The van der Waals surface area contributed by atoms with Gasteiger partial charge in [0.2, 0.25) is 0 Å². The van der Waals surface area contributed by atoms with Crippen molar-refractivity contribution >= 4 is 5.84 Å². The van der Waals surface area contributed by atoms with Crippen LogP contribution in [0.15, 0.2) is 28.8 Å². The number of rotatable bonds is 0. The third kappa shape index (κ3) is 1.54. The van der Waals surface area contributed by atoms with E-state index >= 15 is 0 Å². The van der Waals surface area contributed by atoms with Crippen molar-refractivity contribution in [2.24, 2.45) is 4.99 Å². The molecule has 0 saturated heterocycles. The Kier molecular flexibility index (Phi) is 1.90. The molecule has 1 heterocycles. The highest BCUT2D eigenvalue weighted by Gasteiger charge is 2.36. The lowest BCUT2D eigenvalue weighted by Gasteiger charge is -2.19. The summed E-state index contributed by atoms with van der Waals surface area (Å²) < 4.78 is 36.9. The standard InChI is InChI=1S/C9H9F3N2/c1-5-13-7-3-2-6(9(10,11)12)4-8(7)14-5/h2-4,7-8H,1H3,(H,13,14). The summed E-state index contributed by atoms with van der Waals surface area (Å²) in [6, 6.07) is -0.516. The molecule has 14 heavy (non-hydrogen) atoms. The smallest absolute Gasteiger partial charge is 0.365 e. The summed E-state index contributed by atoms with van der Waals surface area (Å²) in [5, 5.41) is 2.88. The van der Waals surface area contributed by atoms with E-state index in [9.17, 15) is 13.2 Å². The number of hydrogen-bond donors (Lipinski definition) is 1. The van der Waals surface area contributed by atoms with E-state index in [-0.39, 0.29) is 12.1 Å². The first-order valence-corrected chi connectivity index (χ1v) is 4.25. The summed E-state index contributed by atoms with van der Waals surface area (Å²) in [5.41, 5.74) is -0.601. The monoisotopic (exact) mass is 202 g/mol. The van der Waals surface area contributed by atoms with Crippen LogP contribution in [0.25, 0.3) is 0 Å². The molecule has 76 valence electrons. The van der Waals surface area contributed by atoms with Crippen LogP contribution >= 0.6 is 0 Å². The highest BCUT2D eigenvalue weighted by atomic mass is 19.4. The van der Waals surface area contributed by atoms with Gasteiger partial charge in [0.15, 0.2) is 0 Å². The summed E-state index contributed by atoms with van der Waals surface area (Å²) in [4.78, 5) is 4.13. The lowest BCUT2D eigenvalue weighted by molar-refractivity contribution is -0.0887. The molecule has 2 unspecified atom stereocenters. The van der Waals surface area contributed by atoms with Crippen molar-refractivity contribution < 1.29 is 13.2 Å². The third-order valence-electron chi connectivity index (χ3n) is 2.25. The normalized spacial score (nSPS) is 30.6. The fourth-order valence-electron chi connectivity index (χ4n) is 1.61. The number of nitrogens with zero attached hydrogens (tertiary/aromatic N) is 1. The van der Waals surface area contributed by atoms with Gasteiger partial charge in [0.05, 0.1) is 23.5 Å². The first kappa shape index (κ1) is 9.30. The van der Waals surface area contributed by atoms with Crippen LogP contribution in [-0.2, 0) is 0 Å². The fourth-order valence-corrected chi connectivity index (χ4v) is 1.61. The van der Waals surface area contributed by atoms with Crippen molar-refractivity contribution in [1.29, 1.82) is 0 Å². The Morgan fingerprint density at radius 2 is 2.14 bits per heavy atom. The summed E-state index contributed by atoms with van der Waals surface area (Å²) in [6.45, 7) is 1.74. The topological polar surface area (TPSA) is 24.4 Å². The minimum absolute atomic E-state index is 0.180. The van der Waals surface area contributed by atoms with Gasteiger partial charge in [0.1, 0.15) is 0 Å². The van der Waals surface area contributed by atoms with Crippen molar-refractivity contribution in [2.75, 3.05) is 0 Å². The van der Waals surface area contributed by atoms with Gasteiger partial charge in [-0.3, -0.25) is 4.99 Å². The molecule has 0 saturated carbocycles. The zero-order valence-electron chi connectivity index (χ0n) is 7.47. The summed E-state index contributed by atoms with van der Waals surface area (Å²) in [5.74, 6) is 0.685. The lowest BCUT2D eigenvalue weighted by Crippen LogP contribution is -2.34. The van der Waals surface area contributed by atoms with Crippen molar-refractivity contribution in [2.45, 2.75) is 25.2 Å². The highest BCUT2D eigenvalue weighted by molar-refractivity contribution is 5.82. The van der Waals surface area contributed by atoms with Crippen LogP contribution in [0, 0.1) is 0 Å². The second kappa shape index (κ2) is 2.87. The van der Waals surface area contributed by atoms with E-state index in [0.717, 1.165) is 6.08 Å². The number of alkyl halides is 3. The van der Waals surface area contributed by atoms with Crippen molar-refractivity contribution in [3.8, 4) is 0 Å². The molecule has 0 aromatic rings. The molecule has 2 nitrogen and oxygen atoms in total. The number of fused-ring (bicyclic) bond motifs is 1. The minimum atomic E-state index is -4.26. The van der Waals surface area contributed by atoms with E-state index in [0.29, 0.717) is 5.84 Å². The molecule has 2 aliphatic rings. The van der Waals surface area contributed by atoms with E-state index in [1.54, 1.807) is 6.92 Å². The zero-order chi connectivity index (χ0) is 10.3. The maximum atomic E-state index is 12.3. The van der Waals surface area contributed by atoms with Crippen LogP contribution in [0.2, 0.25) is 0 Å². The van der Waals surface area contributed by atoms with E-state index in [1.807, 2.05) is 0 Å². The average molecular weight is 202 g/mol. The van der Waals surface area contributed by atoms with Gasteiger partial charge < -0.3 is 5.32 Å². The Morgan fingerprint density at radius 1 is 1.43 bits per heavy atom. The Morgan fingerprint density at radius 3 is 2.79 bits per heavy atom. The van der Waals surface area contributed by atoms with E-state index < -0.39 is 11.7 Å². The Balaban J connectivity index is 2.22. The second-order valence-corrected chi connectivity index (χ2v) is 3.35. The molecule has 0 bridgehead atoms. The fraction of sp³-hybridized carbons (Fsp3) is 0.444. The molecule has 1 aliphatic heterocycles. The predicted molar refractivity (Wildman–Crippen MR) is 47.1 cm³/mol. The Labute approximate surface area is 79.2 Å². The molecule has 0 aromatic heterocycles. The maximum absolute atomic E-state index is 12.3. The van der Waals surface area contributed by atoms with Gasteiger partial charge in [-0.2, -0.15) is 13.2 Å². The molecule has 1 aliphatic carbocycles. The van der Waals surface area contributed by atoms with Crippen molar-refractivity contribution in [3.63, 3.8) is 0 Å². The lowest BCUT2D eigenvalue weighted by atomic mass is 9.99. The number of halogens is 3. The summed E-state index contributed by atoms with van der Waals surface area (Å²) in [7, 11) is 0. The van der Waals surface area contributed by atoms with Gasteiger partial charge >= 0.3 is 6.18 Å². The summed E-state index contributed by atoms with van der Waals surface area (Å²) >= 11 is 0. The van der Waals surface area contributed by atoms with Crippen LogP contribution in [0.4, 0.5) is 13.2 Å². The first-order chi connectivity index (χ1) is 6.47. The Bertz CT molecular complexity index is 338. The quantitative estimate of drug-likeness (QED) is 0.636. The van der Waals surface area contributed by atoms with Gasteiger partial charge in [0, 0.05) is 0 Å². The van der Waals surface area contributed by atoms with E-state index in [1.165, 1.54) is 12.2 Å². The van der Waals surface area contributed by atoms with Crippen LogP contribution in [0.3, 0.4) is 0 Å². The molecule has 0 radical (unpaired) electrons. The molecule has 1 N–H and O–H groups in total. The molecular weight excluding hydrogens is 193 g/mol. The maximum Gasteiger partial charge on any atom is 0.416 e. The molecule has 0 fully saturated rings. The van der Waals surface area contributed by atoms with Gasteiger partial charge in [-0.1, -0.05) is 12.2 Å². The number of aliphatic imine (C=N–C) groups is 1. The van der Waals surface area contributed by atoms with Gasteiger partial charge in [0.25, 0.3) is 0 Å². The molecule has 0 amide bonds. The van der Waals surface area contributed by atoms with Gasteiger partial charge in [-0.25, -0.2) is 0 Å². The molecular formula is C9H9F3N2. The minimum Gasteiger partial charge on any atom is -0.365 e.